The standard InChI is InChI=1S/C14H23NO/c1-2-3-4-11-16-14-9-5-7-13(12-14)8-6-10-15/h5,7,9,12H,2-4,6,8,10-11,15H2,1H3. The van der Waals surface area contributed by atoms with Gasteiger partial charge in [0.15, 0.2) is 0 Å². The summed E-state index contributed by atoms with van der Waals surface area (Å²) in [4.78, 5) is 0. The summed E-state index contributed by atoms with van der Waals surface area (Å²) in [5.74, 6) is 0.991. The van der Waals surface area contributed by atoms with Gasteiger partial charge >= 0.3 is 0 Å². The van der Waals surface area contributed by atoms with E-state index in [0.717, 1.165) is 38.2 Å². The van der Waals surface area contributed by atoms with Gasteiger partial charge in [0.05, 0.1) is 6.61 Å². The second-order valence-electron chi connectivity index (χ2n) is 4.10. The van der Waals surface area contributed by atoms with Gasteiger partial charge in [0.2, 0.25) is 0 Å². The maximum atomic E-state index is 5.70. The minimum absolute atomic E-state index is 0.752. The lowest BCUT2D eigenvalue weighted by atomic mass is 10.1. The predicted molar refractivity (Wildman–Crippen MR) is 68.8 cm³/mol. The zero-order valence-corrected chi connectivity index (χ0v) is 10.2. The van der Waals surface area contributed by atoms with Gasteiger partial charge in [0.25, 0.3) is 0 Å². The third-order valence-electron chi connectivity index (χ3n) is 2.58. The fraction of sp³-hybridized carbons (Fsp3) is 0.571. The molecule has 1 aromatic carbocycles. The molecular formula is C14H23NO. The molecule has 0 saturated heterocycles. The molecule has 0 unspecified atom stereocenters. The zero-order chi connectivity index (χ0) is 11.6. The Morgan fingerprint density at radius 3 is 2.81 bits per heavy atom. The molecule has 1 aromatic rings. The van der Waals surface area contributed by atoms with E-state index in [1.54, 1.807) is 0 Å². The van der Waals surface area contributed by atoms with Gasteiger partial charge in [-0.1, -0.05) is 31.9 Å². The zero-order valence-electron chi connectivity index (χ0n) is 10.2. The van der Waals surface area contributed by atoms with Gasteiger partial charge in [-0.05, 0) is 43.5 Å². The van der Waals surface area contributed by atoms with Crippen molar-refractivity contribution in [2.45, 2.75) is 39.0 Å². The number of ether oxygens (including phenoxy) is 1. The molecule has 0 heterocycles. The van der Waals surface area contributed by atoms with Gasteiger partial charge in [-0.15, -0.1) is 0 Å². The molecule has 90 valence electrons. The molecule has 0 fully saturated rings. The van der Waals surface area contributed by atoms with Crippen LogP contribution < -0.4 is 10.5 Å². The summed E-state index contributed by atoms with van der Waals surface area (Å²) in [5.41, 5.74) is 6.81. The van der Waals surface area contributed by atoms with Crippen molar-refractivity contribution in [1.82, 2.24) is 0 Å². The average molecular weight is 221 g/mol. The van der Waals surface area contributed by atoms with Crippen molar-refractivity contribution < 1.29 is 4.74 Å². The van der Waals surface area contributed by atoms with Crippen LogP contribution in [0.15, 0.2) is 24.3 Å². The smallest absolute Gasteiger partial charge is 0.119 e. The van der Waals surface area contributed by atoms with Gasteiger partial charge in [0.1, 0.15) is 5.75 Å². The van der Waals surface area contributed by atoms with Crippen LogP contribution in [0.4, 0.5) is 0 Å². The van der Waals surface area contributed by atoms with Crippen LogP contribution in [0.25, 0.3) is 0 Å². The van der Waals surface area contributed by atoms with Gasteiger partial charge in [-0.2, -0.15) is 0 Å². The SMILES string of the molecule is CCCCCOc1cccc(CCCN)c1. The molecule has 0 saturated carbocycles. The Bertz CT molecular complexity index is 286. The highest BCUT2D eigenvalue weighted by atomic mass is 16.5. The van der Waals surface area contributed by atoms with Crippen molar-refractivity contribution >= 4 is 0 Å². The van der Waals surface area contributed by atoms with Gasteiger partial charge in [0, 0.05) is 0 Å². The van der Waals surface area contributed by atoms with Crippen LogP contribution in [-0.4, -0.2) is 13.2 Å². The maximum absolute atomic E-state index is 5.70. The number of hydrogen-bond donors (Lipinski definition) is 1. The van der Waals surface area contributed by atoms with Crippen molar-refractivity contribution in [1.29, 1.82) is 0 Å². The first-order valence-corrected chi connectivity index (χ1v) is 6.28. The van der Waals surface area contributed by atoms with Crippen LogP contribution in [-0.2, 0) is 6.42 Å². The molecule has 1 rings (SSSR count). The molecule has 0 spiro atoms. The van der Waals surface area contributed by atoms with Crippen molar-refractivity contribution in [2.24, 2.45) is 5.73 Å². The lowest BCUT2D eigenvalue weighted by Crippen LogP contribution is -2.01. The second kappa shape index (κ2) is 8.17. The predicted octanol–water partition coefficient (Wildman–Crippen LogP) is 3.15. The first-order chi connectivity index (χ1) is 7.86. The van der Waals surface area contributed by atoms with Crippen LogP contribution in [0.2, 0.25) is 0 Å². The van der Waals surface area contributed by atoms with E-state index in [0.29, 0.717) is 0 Å². The highest BCUT2D eigenvalue weighted by molar-refractivity contribution is 5.28. The summed E-state index contributed by atoms with van der Waals surface area (Å²) in [6.07, 6.45) is 5.71. The van der Waals surface area contributed by atoms with Crippen molar-refractivity contribution in [2.75, 3.05) is 13.2 Å². The average Bonchev–Trinajstić information content (AvgIpc) is 2.33. The Labute approximate surface area is 98.8 Å². The van der Waals surface area contributed by atoms with Crippen molar-refractivity contribution in [3.05, 3.63) is 29.8 Å². The van der Waals surface area contributed by atoms with E-state index in [2.05, 4.69) is 25.1 Å². The van der Waals surface area contributed by atoms with Crippen LogP contribution in [0.5, 0.6) is 5.75 Å². The maximum Gasteiger partial charge on any atom is 0.119 e. The summed E-state index contributed by atoms with van der Waals surface area (Å²) in [7, 11) is 0. The van der Waals surface area contributed by atoms with Gasteiger partial charge < -0.3 is 10.5 Å². The number of hydrogen-bond acceptors (Lipinski definition) is 2. The quantitative estimate of drug-likeness (QED) is 0.684. The lowest BCUT2D eigenvalue weighted by molar-refractivity contribution is 0.306. The molecule has 2 nitrogen and oxygen atoms in total. The molecule has 0 bridgehead atoms. The van der Waals surface area contributed by atoms with E-state index in [1.807, 2.05) is 6.07 Å². The first-order valence-electron chi connectivity index (χ1n) is 6.28. The molecule has 0 radical (unpaired) electrons. The number of rotatable bonds is 8. The van der Waals surface area contributed by atoms with Crippen LogP contribution in [0, 0.1) is 0 Å². The van der Waals surface area contributed by atoms with E-state index in [4.69, 9.17) is 10.5 Å². The molecule has 2 heteroatoms. The number of benzene rings is 1. The Hall–Kier alpha value is -1.02. The second-order valence-corrected chi connectivity index (χ2v) is 4.10. The Morgan fingerprint density at radius 1 is 1.19 bits per heavy atom. The number of unbranched alkanes of at least 4 members (excludes halogenated alkanes) is 2. The topological polar surface area (TPSA) is 35.2 Å². The van der Waals surface area contributed by atoms with E-state index in [9.17, 15) is 0 Å². The van der Waals surface area contributed by atoms with Crippen molar-refractivity contribution in [3.63, 3.8) is 0 Å². The molecule has 2 N–H and O–H groups in total. The molecule has 0 aromatic heterocycles. The fourth-order valence-electron chi connectivity index (χ4n) is 1.64. The third-order valence-corrected chi connectivity index (χ3v) is 2.58. The summed E-state index contributed by atoms with van der Waals surface area (Å²) >= 11 is 0. The normalized spacial score (nSPS) is 10.4. The summed E-state index contributed by atoms with van der Waals surface area (Å²) in [6.45, 7) is 3.78. The molecule has 0 aliphatic rings. The molecule has 0 aliphatic carbocycles. The minimum Gasteiger partial charge on any atom is -0.494 e. The summed E-state index contributed by atoms with van der Waals surface area (Å²) < 4.78 is 5.70. The molecule has 0 amide bonds. The minimum atomic E-state index is 0.752. The fourth-order valence-corrected chi connectivity index (χ4v) is 1.64. The largest absolute Gasteiger partial charge is 0.494 e. The van der Waals surface area contributed by atoms with Gasteiger partial charge in [-0.25, -0.2) is 0 Å². The lowest BCUT2D eigenvalue weighted by Gasteiger charge is -2.07. The molecular weight excluding hydrogens is 198 g/mol. The summed E-state index contributed by atoms with van der Waals surface area (Å²) in [6, 6.07) is 8.34. The number of aryl methyl sites for hydroxylation is 1. The summed E-state index contributed by atoms with van der Waals surface area (Å²) in [5, 5.41) is 0. The number of nitrogens with two attached hydrogens (primary N) is 1. The monoisotopic (exact) mass is 221 g/mol. The Kier molecular flexibility index (Phi) is 6.66. The Balaban J connectivity index is 2.35. The first kappa shape index (κ1) is 13.0. The molecule has 0 atom stereocenters. The van der Waals surface area contributed by atoms with Crippen LogP contribution in [0.1, 0.15) is 38.2 Å². The van der Waals surface area contributed by atoms with Crippen LogP contribution >= 0.6 is 0 Å². The van der Waals surface area contributed by atoms with E-state index in [-0.39, 0.29) is 0 Å². The van der Waals surface area contributed by atoms with E-state index in [1.165, 1.54) is 18.4 Å². The molecule has 0 aliphatic heterocycles. The molecule has 16 heavy (non-hydrogen) atoms. The van der Waals surface area contributed by atoms with Crippen LogP contribution in [0.3, 0.4) is 0 Å². The van der Waals surface area contributed by atoms with E-state index < -0.39 is 0 Å². The van der Waals surface area contributed by atoms with Gasteiger partial charge in [-0.3, -0.25) is 0 Å². The third kappa shape index (κ3) is 5.17. The van der Waals surface area contributed by atoms with E-state index >= 15 is 0 Å². The van der Waals surface area contributed by atoms with Crippen molar-refractivity contribution in [3.8, 4) is 5.75 Å². The highest BCUT2D eigenvalue weighted by Crippen LogP contribution is 2.15. The highest BCUT2D eigenvalue weighted by Gasteiger charge is 1.96. The Morgan fingerprint density at radius 2 is 2.06 bits per heavy atom.